The maximum atomic E-state index is 12.7. The van der Waals surface area contributed by atoms with E-state index < -0.39 is 0 Å². The zero-order valence-electron chi connectivity index (χ0n) is 15.7. The SMILES string of the molecule is COc1ccc(Cl)cc1C(=O)Nc1ccc2c(c1)N(C(=O)C(C)C)CCC2. The molecular formula is C21H23ClN2O3. The molecule has 5 nitrogen and oxygen atoms in total. The lowest BCUT2D eigenvalue weighted by molar-refractivity contribution is -0.121. The number of ether oxygens (including phenoxy) is 1. The van der Waals surface area contributed by atoms with Gasteiger partial charge >= 0.3 is 0 Å². The molecule has 1 aliphatic rings. The van der Waals surface area contributed by atoms with Crippen molar-refractivity contribution in [1.29, 1.82) is 0 Å². The molecule has 1 aliphatic heterocycles. The average molecular weight is 387 g/mol. The molecule has 0 radical (unpaired) electrons. The highest BCUT2D eigenvalue weighted by atomic mass is 35.5. The Bertz CT molecular complexity index is 880. The van der Waals surface area contributed by atoms with E-state index in [0.29, 0.717) is 28.6 Å². The Morgan fingerprint density at radius 3 is 2.67 bits per heavy atom. The minimum absolute atomic E-state index is 0.0788. The van der Waals surface area contributed by atoms with Crippen LogP contribution < -0.4 is 15.0 Å². The van der Waals surface area contributed by atoms with Crippen LogP contribution in [0.3, 0.4) is 0 Å². The van der Waals surface area contributed by atoms with E-state index in [4.69, 9.17) is 16.3 Å². The van der Waals surface area contributed by atoms with Crippen molar-refractivity contribution in [3.63, 3.8) is 0 Å². The highest BCUT2D eigenvalue weighted by Gasteiger charge is 2.25. The summed E-state index contributed by atoms with van der Waals surface area (Å²) in [6.07, 6.45) is 1.87. The van der Waals surface area contributed by atoms with E-state index in [0.717, 1.165) is 24.1 Å². The summed E-state index contributed by atoms with van der Waals surface area (Å²) in [5.41, 5.74) is 2.98. The second-order valence-corrected chi connectivity index (χ2v) is 7.33. The molecule has 0 fully saturated rings. The summed E-state index contributed by atoms with van der Waals surface area (Å²) < 4.78 is 5.25. The van der Waals surface area contributed by atoms with Crippen LogP contribution in [0.4, 0.5) is 11.4 Å². The van der Waals surface area contributed by atoms with Crippen molar-refractivity contribution in [2.24, 2.45) is 5.92 Å². The Labute approximate surface area is 164 Å². The van der Waals surface area contributed by atoms with Crippen LogP contribution in [0.2, 0.25) is 5.02 Å². The first-order chi connectivity index (χ1) is 12.9. The molecule has 0 spiro atoms. The summed E-state index contributed by atoms with van der Waals surface area (Å²) in [7, 11) is 1.51. The van der Waals surface area contributed by atoms with E-state index in [9.17, 15) is 9.59 Å². The number of anilines is 2. The summed E-state index contributed by atoms with van der Waals surface area (Å²) in [6, 6.07) is 10.6. The molecule has 142 valence electrons. The van der Waals surface area contributed by atoms with Crippen LogP contribution in [0.15, 0.2) is 36.4 Å². The third-order valence-electron chi connectivity index (χ3n) is 4.63. The lowest BCUT2D eigenvalue weighted by atomic mass is 9.99. The van der Waals surface area contributed by atoms with Gasteiger partial charge < -0.3 is 15.0 Å². The van der Waals surface area contributed by atoms with Crippen molar-refractivity contribution in [2.45, 2.75) is 26.7 Å². The lowest BCUT2D eigenvalue weighted by Gasteiger charge is -2.31. The highest BCUT2D eigenvalue weighted by molar-refractivity contribution is 6.31. The first kappa shape index (κ1) is 19.2. The van der Waals surface area contributed by atoms with E-state index in [1.807, 2.05) is 36.9 Å². The summed E-state index contributed by atoms with van der Waals surface area (Å²) >= 11 is 6.02. The van der Waals surface area contributed by atoms with Gasteiger partial charge in [0.25, 0.3) is 5.91 Å². The number of hydrogen-bond acceptors (Lipinski definition) is 3. The number of rotatable bonds is 4. The number of hydrogen-bond donors (Lipinski definition) is 1. The molecule has 0 atom stereocenters. The third kappa shape index (κ3) is 4.08. The van der Waals surface area contributed by atoms with Crippen LogP contribution >= 0.6 is 11.6 Å². The van der Waals surface area contributed by atoms with Crippen LogP contribution in [0.5, 0.6) is 5.75 Å². The molecule has 6 heteroatoms. The fraction of sp³-hybridized carbons (Fsp3) is 0.333. The van der Waals surface area contributed by atoms with Gasteiger partial charge in [0.1, 0.15) is 5.75 Å². The standard InChI is InChI=1S/C21H23ClN2O3/c1-13(2)21(26)24-10-4-5-14-6-8-16(12-18(14)24)23-20(25)17-11-15(22)7-9-19(17)27-3/h6-9,11-13H,4-5,10H2,1-3H3,(H,23,25). The summed E-state index contributed by atoms with van der Waals surface area (Å²) in [6.45, 7) is 4.49. The number of benzene rings is 2. The summed E-state index contributed by atoms with van der Waals surface area (Å²) in [4.78, 5) is 27.1. The fourth-order valence-electron chi connectivity index (χ4n) is 3.25. The zero-order chi connectivity index (χ0) is 19.6. The zero-order valence-corrected chi connectivity index (χ0v) is 16.5. The van der Waals surface area contributed by atoms with Gasteiger partial charge in [-0.3, -0.25) is 9.59 Å². The first-order valence-electron chi connectivity index (χ1n) is 9.00. The van der Waals surface area contributed by atoms with Gasteiger partial charge in [0, 0.05) is 28.9 Å². The van der Waals surface area contributed by atoms with Crippen LogP contribution in [0.25, 0.3) is 0 Å². The Kier molecular flexibility index (Phi) is 5.71. The Balaban J connectivity index is 1.89. The fourth-order valence-corrected chi connectivity index (χ4v) is 3.42. The number of aryl methyl sites for hydroxylation is 1. The molecule has 1 heterocycles. The molecule has 0 bridgehead atoms. The Hall–Kier alpha value is -2.53. The van der Waals surface area contributed by atoms with Gasteiger partial charge in [0.2, 0.25) is 5.91 Å². The quantitative estimate of drug-likeness (QED) is 0.839. The normalized spacial score (nSPS) is 13.3. The van der Waals surface area contributed by atoms with Gasteiger partial charge in [0.15, 0.2) is 0 Å². The maximum absolute atomic E-state index is 12.7. The van der Waals surface area contributed by atoms with Gasteiger partial charge in [-0.1, -0.05) is 31.5 Å². The topological polar surface area (TPSA) is 58.6 Å². The number of carbonyl (C=O) groups is 2. The monoisotopic (exact) mass is 386 g/mol. The predicted octanol–water partition coefficient (Wildman–Crippen LogP) is 4.54. The first-order valence-corrected chi connectivity index (χ1v) is 9.37. The molecule has 0 saturated heterocycles. The van der Waals surface area contributed by atoms with Crippen molar-refractivity contribution in [3.8, 4) is 5.75 Å². The van der Waals surface area contributed by atoms with Gasteiger partial charge in [-0.25, -0.2) is 0 Å². The molecular weight excluding hydrogens is 364 g/mol. The maximum Gasteiger partial charge on any atom is 0.259 e. The number of nitrogens with one attached hydrogen (secondary N) is 1. The summed E-state index contributed by atoms with van der Waals surface area (Å²) in [5.74, 6) is 0.152. The lowest BCUT2D eigenvalue weighted by Crippen LogP contribution is -2.38. The average Bonchev–Trinajstić information content (AvgIpc) is 2.66. The van der Waals surface area contributed by atoms with Crippen LogP contribution in [-0.4, -0.2) is 25.5 Å². The van der Waals surface area contributed by atoms with Gasteiger partial charge in [0.05, 0.1) is 12.7 Å². The molecule has 2 aromatic carbocycles. The van der Waals surface area contributed by atoms with Crippen LogP contribution in [0.1, 0.15) is 36.2 Å². The molecule has 2 aromatic rings. The Morgan fingerprint density at radius 1 is 1.19 bits per heavy atom. The van der Waals surface area contributed by atoms with E-state index >= 15 is 0 Å². The van der Waals surface area contributed by atoms with E-state index in [2.05, 4.69) is 5.32 Å². The third-order valence-corrected chi connectivity index (χ3v) is 4.86. The van der Waals surface area contributed by atoms with Crippen molar-refractivity contribution in [3.05, 3.63) is 52.5 Å². The molecule has 3 rings (SSSR count). The van der Waals surface area contributed by atoms with E-state index in [1.54, 1.807) is 18.2 Å². The van der Waals surface area contributed by atoms with Crippen LogP contribution in [-0.2, 0) is 11.2 Å². The molecule has 0 saturated carbocycles. The van der Waals surface area contributed by atoms with E-state index in [1.165, 1.54) is 7.11 Å². The number of amides is 2. The number of nitrogens with zero attached hydrogens (tertiary/aromatic N) is 1. The van der Waals surface area contributed by atoms with E-state index in [-0.39, 0.29) is 17.7 Å². The number of halogens is 1. The smallest absolute Gasteiger partial charge is 0.259 e. The van der Waals surface area contributed by atoms with Gasteiger partial charge in [-0.2, -0.15) is 0 Å². The predicted molar refractivity (Wildman–Crippen MR) is 108 cm³/mol. The summed E-state index contributed by atoms with van der Waals surface area (Å²) in [5, 5.41) is 3.34. The Morgan fingerprint density at radius 2 is 1.96 bits per heavy atom. The van der Waals surface area contributed by atoms with Crippen molar-refractivity contribution < 1.29 is 14.3 Å². The van der Waals surface area contributed by atoms with Crippen LogP contribution in [0, 0.1) is 5.92 Å². The minimum Gasteiger partial charge on any atom is -0.496 e. The minimum atomic E-state index is -0.313. The second kappa shape index (κ2) is 8.01. The van der Waals surface area contributed by atoms with Gasteiger partial charge in [-0.15, -0.1) is 0 Å². The van der Waals surface area contributed by atoms with Crippen molar-refractivity contribution in [1.82, 2.24) is 0 Å². The molecule has 1 N–H and O–H groups in total. The van der Waals surface area contributed by atoms with Crippen molar-refractivity contribution >= 4 is 34.8 Å². The van der Waals surface area contributed by atoms with Gasteiger partial charge in [-0.05, 0) is 48.7 Å². The molecule has 2 amide bonds. The molecule has 0 aliphatic carbocycles. The molecule has 0 aromatic heterocycles. The molecule has 0 unspecified atom stereocenters. The number of carbonyl (C=O) groups excluding carboxylic acids is 2. The van der Waals surface area contributed by atoms with Crippen molar-refractivity contribution in [2.75, 3.05) is 23.9 Å². The number of fused-ring (bicyclic) bond motifs is 1. The number of methoxy groups -OCH3 is 1. The second-order valence-electron chi connectivity index (χ2n) is 6.89. The highest BCUT2D eigenvalue weighted by Crippen LogP contribution is 2.32. The largest absolute Gasteiger partial charge is 0.496 e. The molecule has 27 heavy (non-hydrogen) atoms.